The molecule has 0 radical (unpaired) electrons. The Hall–Kier alpha value is -1.92. The highest BCUT2D eigenvalue weighted by Gasteiger charge is 2.19. The molecule has 25 heavy (non-hydrogen) atoms. The molecular formula is C19H29N5O. The maximum absolute atomic E-state index is 9.29. The van der Waals surface area contributed by atoms with Gasteiger partial charge in [-0.3, -0.25) is 9.58 Å². The van der Waals surface area contributed by atoms with Crippen LogP contribution in [0.25, 0.3) is 0 Å². The van der Waals surface area contributed by atoms with Crippen molar-refractivity contribution >= 4 is 5.69 Å². The lowest BCUT2D eigenvalue weighted by Crippen LogP contribution is -2.34. The highest BCUT2D eigenvalue weighted by Crippen LogP contribution is 2.23. The molecule has 136 valence electrons. The van der Waals surface area contributed by atoms with Crippen molar-refractivity contribution in [2.75, 3.05) is 25.0 Å². The van der Waals surface area contributed by atoms with Crippen LogP contribution in [-0.2, 0) is 13.1 Å². The van der Waals surface area contributed by atoms with E-state index in [1.807, 2.05) is 4.68 Å². The number of hydrogen-bond acceptors (Lipinski definition) is 5. The molecule has 0 saturated carbocycles. The molecule has 1 aromatic carbocycles. The lowest BCUT2D eigenvalue weighted by Gasteiger charge is -2.31. The Morgan fingerprint density at radius 3 is 2.80 bits per heavy atom. The molecular weight excluding hydrogens is 314 g/mol. The lowest BCUT2D eigenvalue weighted by atomic mass is 9.97. The van der Waals surface area contributed by atoms with Crippen molar-refractivity contribution in [3.8, 4) is 0 Å². The number of nitrogens with zero attached hydrogens (tertiary/aromatic N) is 4. The maximum Gasteiger partial charge on any atom is 0.137 e. The number of anilines is 1. The average Bonchev–Trinajstić information content (AvgIpc) is 3.16. The van der Waals surface area contributed by atoms with Crippen LogP contribution in [0.2, 0.25) is 0 Å². The molecule has 2 N–H and O–H groups in total. The molecule has 6 heteroatoms. The largest absolute Gasteiger partial charge is 0.396 e. The number of rotatable bonds is 8. The SMILES string of the molecule is CC(CCn1cncn1)Nc1ccccc1CN1CCC(CO)CC1. The molecule has 0 bridgehead atoms. The van der Waals surface area contributed by atoms with E-state index in [4.69, 9.17) is 0 Å². The van der Waals surface area contributed by atoms with E-state index in [9.17, 15) is 5.11 Å². The molecule has 1 aromatic heterocycles. The monoisotopic (exact) mass is 343 g/mol. The lowest BCUT2D eigenvalue weighted by molar-refractivity contribution is 0.127. The highest BCUT2D eigenvalue weighted by atomic mass is 16.3. The van der Waals surface area contributed by atoms with Crippen LogP contribution in [-0.4, -0.2) is 50.5 Å². The van der Waals surface area contributed by atoms with Crippen LogP contribution in [0.3, 0.4) is 0 Å². The number of aliphatic hydroxyl groups is 1. The Balaban J connectivity index is 1.53. The van der Waals surface area contributed by atoms with Crippen LogP contribution in [0.4, 0.5) is 5.69 Å². The number of benzene rings is 1. The highest BCUT2D eigenvalue weighted by molar-refractivity contribution is 5.51. The van der Waals surface area contributed by atoms with Crippen molar-refractivity contribution in [2.24, 2.45) is 5.92 Å². The van der Waals surface area contributed by atoms with Crippen molar-refractivity contribution in [1.82, 2.24) is 19.7 Å². The van der Waals surface area contributed by atoms with Gasteiger partial charge in [0.05, 0.1) is 0 Å². The molecule has 1 aliphatic rings. The van der Waals surface area contributed by atoms with Crippen LogP contribution in [0, 0.1) is 5.92 Å². The summed E-state index contributed by atoms with van der Waals surface area (Å²) in [6, 6.07) is 8.95. The van der Waals surface area contributed by atoms with Gasteiger partial charge in [-0.1, -0.05) is 18.2 Å². The van der Waals surface area contributed by atoms with E-state index >= 15 is 0 Å². The minimum absolute atomic E-state index is 0.329. The van der Waals surface area contributed by atoms with Crippen LogP contribution in [0.5, 0.6) is 0 Å². The Morgan fingerprint density at radius 2 is 2.08 bits per heavy atom. The van der Waals surface area contributed by atoms with Gasteiger partial charge in [0, 0.05) is 31.4 Å². The van der Waals surface area contributed by atoms with Gasteiger partial charge in [0.25, 0.3) is 0 Å². The van der Waals surface area contributed by atoms with Gasteiger partial charge in [0.1, 0.15) is 12.7 Å². The van der Waals surface area contributed by atoms with Crippen molar-refractivity contribution in [3.05, 3.63) is 42.5 Å². The van der Waals surface area contributed by atoms with Gasteiger partial charge in [0.15, 0.2) is 0 Å². The van der Waals surface area contributed by atoms with Crippen molar-refractivity contribution in [2.45, 2.75) is 45.3 Å². The molecule has 1 unspecified atom stereocenters. The predicted octanol–water partition coefficient (Wildman–Crippen LogP) is 2.37. The first kappa shape index (κ1) is 17.9. The minimum Gasteiger partial charge on any atom is -0.396 e. The van der Waals surface area contributed by atoms with Crippen molar-refractivity contribution in [1.29, 1.82) is 0 Å². The zero-order valence-electron chi connectivity index (χ0n) is 15.0. The third-order valence-corrected chi connectivity index (χ3v) is 5.04. The van der Waals surface area contributed by atoms with Gasteiger partial charge in [-0.15, -0.1) is 0 Å². The first-order valence-corrected chi connectivity index (χ1v) is 9.24. The summed E-state index contributed by atoms with van der Waals surface area (Å²) >= 11 is 0. The van der Waals surface area contributed by atoms with E-state index in [0.29, 0.717) is 18.6 Å². The Bertz CT molecular complexity index is 623. The molecule has 1 saturated heterocycles. The molecule has 0 amide bonds. The van der Waals surface area contributed by atoms with E-state index in [2.05, 4.69) is 51.5 Å². The zero-order chi connectivity index (χ0) is 17.5. The van der Waals surface area contributed by atoms with Gasteiger partial charge < -0.3 is 10.4 Å². The summed E-state index contributed by atoms with van der Waals surface area (Å²) in [4.78, 5) is 6.48. The summed E-state index contributed by atoms with van der Waals surface area (Å²) in [6.45, 7) is 6.51. The van der Waals surface area contributed by atoms with Crippen LogP contribution in [0.15, 0.2) is 36.9 Å². The minimum atomic E-state index is 0.329. The topological polar surface area (TPSA) is 66.2 Å². The van der Waals surface area contributed by atoms with E-state index in [1.54, 1.807) is 12.7 Å². The Morgan fingerprint density at radius 1 is 1.28 bits per heavy atom. The molecule has 6 nitrogen and oxygen atoms in total. The van der Waals surface area contributed by atoms with Gasteiger partial charge in [-0.2, -0.15) is 5.10 Å². The predicted molar refractivity (Wildman–Crippen MR) is 99.3 cm³/mol. The van der Waals surface area contributed by atoms with Crippen LogP contribution in [0.1, 0.15) is 31.7 Å². The summed E-state index contributed by atoms with van der Waals surface area (Å²) in [7, 11) is 0. The Labute approximate surface area is 149 Å². The number of nitrogens with one attached hydrogen (secondary N) is 1. The van der Waals surface area contributed by atoms with Gasteiger partial charge in [-0.05, 0) is 56.8 Å². The second-order valence-corrected chi connectivity index (χ2v) is 7.05. The van der Waals surface area contributed by atoms with Crippen LogP contribution >= 0.6 is 0 Å². The summed E-state index contributed by atoms with van der Waals surface area (Å²) in [5.74, 6) is 0.487. The molecule has 1 fully saturated rings. The summed E-state index contributed by atoms with van der Waals surface area (Å²) in [5, 5.41) is 17.1. The molecule has 2 aromatic rings. The molecule has 0 aliphatic carbocycles. The third-order valence-electron chi connectivity index (χ3n) is 5.04. The zero-order valence-corrected chi connectivity index (χ0v) is 15.0. The average molecular weight is 343 g/mol. The van der Waals surface area contributed by atoms with E-state index in [-0.39, 0.29) is 0 Å². The van der Waals surface area contributed by atoms with Crippen molar-refractivity contribution < 1.29 is 5.11 Å². The summed E-state index contributed by atoms with van der Waals surface area (Å²) < 4.78 is 1.87. The molecule has 2 heterocycles. The van der Waals surface area contributed by atoms with Gasteiger partial charge in [-0.25, -0.2) is 4.98 Å². The molecule has 0 spiro atoms. The van der Waals surface area contributed by atoms with Crippen LogP contribution < -0.4 is 5.32 Å². The van der Waals surface area contributed by atoms with Gasteiger partial charge in [0.2, 0.25) is 0 Å². The first-order chi connectivity index (χ1) is 12.2. The second kappa shape index (κ2) is 8.97. The standard InChI is InChI=1S/C19H29N5O/c1-16(6-11-24-15-20-14-21-24)22-19-5-3-2-4-18(19)12-23-9-7-17(13-25)8-10-23/h2-5,14-17,22,25H,6-13H2,1H3. The quantitative estimate of drug-likeness (QED) is 0.770. The summed E-state index contributed by atoms with van der Waals surface area (Å²) in [5.41, 5.74) is 2.57. The summed E-state index contributed by atoms with van der Waals surface area (Å²) in [6.07, 6.45) is 6.53. The normalized spacial score (nSPS) is 17.5. The third kappa shape index (κ3) is 5.28. The number of piperidine rings is 1. The molecule has 3 rings (SSSR count). The first-order valence-electron chi connectivity index (χ1n) is 9.24. The maximum atomic E-state index is 9.29. The van der Waals surface area contributed by atoms with Gasteiger partial charge >= 0.3 is 0 Å². The number of aromatic nitrogens is 3. The second-order valence-electron chi connectivity index (χ2n) is 7.05. The molecule has 1 aliphatic heterocycles. The number of para-hydroxylation sites is 1. The smallest absolute Gasteiger partial charge is 0.137 e. The fraction of sp³-hybridized carbons (Fsp3) is 0.579. The number of hydrogen-bond donors (Lipinski definition) is 2. The fourth-order valence-corrected chi connectivity index (χ4v) is 3.38. The fourth-order valence-electron chi connectivity index (χ4n) is 3.38. The van der Waals surface area contributed by atoms with E-state index in [0.717, 1.165) is 45.4 Å². The Kier molecular flexibility index (Phi) is 6.42. The van der Waals surface area contributed by atoms with Crippen molar-refractivity contribution in [3.63, 3.8) is 0 Å². The van der Waals surface area contributed by atoms with E-state index in [1.165, 1.54) is 11.3 Å². The van der Waals surface area contributed by atoms with E-state index < -0.39 is 0 Å². The number of aryl methyl sites for hydroxylation is 1. The number of aliphatic hydroxyl groups excluding tert-OH is 1. The number of likely N-dealkylation sites (tertiary alicyclic amines) is 1. The molecule has 1 atom stereocenters.